The molecule has 0 unspecified atom stereocenters. The summed E-state index contributed by atoms with van der Waals surface area (Å²) in [6, 6.07) is 25.1. The number of nitrogens with zero attached hydrogens (tertiary/aromatic N) is 4. The molecular formula is C24H14N4O2S. The number of hydrogen-bond donors (Lipinski definition) is 0. The van der Waals surface area contributed by atoms with Gasteiger partial charge in [0.2, 0.25) is 4.96 Å². The Kier molecular flexibility index (Phi) is 3.84. The fourth-order valence-corrected chi connectivity index (χ4v) is 4.63. The Bertz CT molecular complexity index is 1430. The molecule has 0 fully saturated rings. The van der Waals surface area contributed by atoms with Gasteiger partial charge in [0.25, 0.3) is 17.8 Å². The van der Waals surface area contributed by atoms with Gasteiger partial charge in [0.1, 0.15) is 0 Å². The van der Waals surface area contributed by atoms with Gasteiger partial charge in [-0.15, -0.1) is 16.4 Å². The average Bonchev–Trinajstić information content (AvgIpc) is 3.47. The maximum Gasteiger partial charge on any atom is 0.268 e. The van der Waals surface area contributed by atoms with Crippen LogP contribution in [0.5, 0.6) is 0 Å². The molecule has 31 heavy (non-hydrogen) atoms. The van der Waals surface area contributed by atoms with E-state index in [1.807, 2.05) is 35.7 Å². The number of rotatable bonds is 3. The summed E-state index contributed by atoms with van der Waals surface area (Å²) in [7, 11) is 0. The van der Waals surface area contributed by atoms with Crippen molar-refractivity contribution in [3.8, 4) is 22.4 Å². The van der Waals surface area contributed by atoms with Gasteiger partial charge in [0.15, 0.2) is 0 Å². The van der Waals surface area contributed by atoms with E-state index in [1.54, 1.807) is 28.8 Å². The Labute approximate surface area is 181 Å². The van der Waals surface area contributed by atoms with E-state index in [4.69, 9.17) is 0 Å². The molecular weight excluding hydrogens is 408 g/mol. The highest BCUT2D eigenvalue weighted by atomic mass is 32.1. The van der Waals surface area contributed by atoms with Crippen molar-refractivity contribution in [2.75, 3.05) is 4.90 Å². The second-order valence-corrected chi connectivity index (χ2v) is 8.00. The van der Waals surface area contributed by atoms with E-state index in [1.165, 1.54) is 11.3 Å². The Hall–Kier alpha value is -4.10. The zero-order chi connectivity index (χ0) is 20.9. The third-order valence-electron chi connectivity index (χ3n) is 5.35. The molecule has 0 saturated carbocycles. The zero-order valence-electron chi connectivity index (χ0n) is 16.1. The minimum absolute atomic E-state index is 0.0974. The lowest BCUT2D eigenvalue weighted by Crippen LogP contribution is -2.30. The van der Waals surface area contributed by atoms with Crippen LogP contribution in [-0.2, 0) is 0 Å². The van der Waals surface area contributed by atoms with Gasteiger partial charge in [-0.1, -0.05) is 66.7 Å². The van der Waals surface area contributed by atoms with E-state index < -0.39 is 11.8 Å². The number of carbonyl (C=O) groups is 2. The average molecular weight is 422 g/mol. The Morgan fingerprint density at radius 3 is 1.94 bits per heavy atom. The van der Waals surface area contributed by atoms with Crippen molar-refractivity contribution < 1.29 is 9.59 Å². The molecule has 2 amide bonds. The van der Waals surface area contributed by atoms with Crippen LogP contribution in [0.15, 0.2) is 84.2 Å². The minimum Gasteiger partial charge on any atom is -0.268 e. The van der Waals surface area contributed by atoms with Crippen molar-refractivity contribution in [2.24, 2.45) is 0 Å². The summed E-state index contributed by atoms with van der Waals surface area (Å²) in [5, 5.41) is 6.47. The first-order chi connectivity index (χ1) is 15.2. The molecule has 3 heterocycles. The number of imide groups is 1. The van der Waals surface area contributed by atoms with Gasteiger partial charge >= 0.3 is 0 Å². The van der Waals surface area contributed by atoms with Gasteiger partial charge in [-0.05, 0) is 23.3 Å². The van der Waals surface area contributed by atoms with Gasteiger partial charge in [-0.2, -0.15) is 4.98 Å². The highest BCUT2D eigenvalue weighted by molar-refractivity contribution is 7.15. The first-order valence-corrected chi connectivity index (χ1v) is 10.6. The van der Waals surface area contributed by atoms with Crippen LogP contribution in [0.3, 0.4) is 0 Å². The van der Waals surface area contributed by atoms with E-state index in [0.717, 1.165) is 27.3 Å². The van der Waals surface area contributed by atoms with Gasteiger partial charge < -0.3 is 0 Å². The molecule has 148 valence electrons. The molecule has 1 aliphatic heterocycles. The maximum atomic E-state index is 12.8. The predicted octanol–water partition coefficient (Wildman–Crippen LogP) is 4.93. The van der Waals surface area contributed by atoms with E-state index in [2.05, 4.69) is 34.3 Å². The fourth-order valence-electron chi connectivity index (χ4n) is 3.80. The van der Waals surface area contributed by atoms with Crippen LogP contribution >= 0.6 is 11.3 Å². The van der Waals surface area contributed by atoms with Crippen molar-refractivity contribution in [1.29, 1.82) is 0 Å². The van der Waals surface area contributed by atoms with Crippen LogP contribution in [-0.4, -0.2) is 26.4 Å². The van der Waals surface area contributed by atoms with Crippen LogP contribution in [0.1, 0.15) is 20.7 Å². The molecule has 2 aromatic heterocycles. The Morgan fingerprint density at radius 2 is 1.26 bits per heavy atom. The number of fused-ring (bicyclic) bond motifs is 2. The van der Waals surface area contributed by atoms with E-state index >= 15 is 0 Å². The summed E-state index contributed by atoms with van der Waals surface area (Å²) in [5.74, 6) is -0.694. The lowest BCUT2D eigenvalue weighted by Gasteiger charge is -2.07. The lowest BCUT2D eigenvalue weighted by molar-refractivity contribution is 0.0924. The summed E-state index contributed by atoms with van der Waals surface area (Å²) in [4.78, 5) is 31.6. The van der Waals surface area contributed by atoms with Crippen molar-refractivity contribution in [2.45, 2.75) is 0 Å². The molecule has 0 aliphatic carbocycles. The summed E-state index contributed by atoms with van der Waals surface area (Å²) >= 11 is 1.42. The second kappa shape index (κ2) is 6.72. The minimum atomic E-state index is -0.396. The van der Waals surface area contributed by atoms with Gasteiger partial charge in [0, 0.05) is 10.9 Å². The smallest absolute Gasteiger partial charge is 0.268 e. The predicted molar refractivity (Wildman–Crippen MR) is 119 cm³/mol. The van der Waals surface area contributed by atoms with E-state index in [9.17, 15) is 9.59 Å². The van der Waals surface area contributed by atoms with Crippen molar-refractivity contribution >= 4 is 34.1 Å². The molecule has 3 aromatic carbocycles. The van der Waals surface area contributed by atoms with E-state index in [0.29, 0.717) is 16.1 Å². The zero-order valence-corrected chi connectivity index (χ0v) is 16.9. The van der Waals surface area contributed by atoms with Crippen LogP contribution in [0.4, 0.5) is 5.95 Å². The molecule has 7 heteroatoms. The van der Waals surface area contributed by atoms with Gasteiger partial charge in [-0.25, -0.2) is 9.42 Å². The quantitative estimate of drug-likeness (QED) is 0.387. The first kappa shape index (κ1) is 17.7. The third kappa shape index (κ3) is 2.71. The highest BCUT2D eigenvalue weighted by Gasteiger charge is 2.38. The number of thiazole rings is 1. The maximum absolute atomic E-state index is 12.8. The topological polar surface area (TPSA) is 67.6 Å². The second-order valence-electron chi connectivity index (χ2n) is 7.16. The van der Waals surface area contributed by atoms with Gasteiger partial charge in [-0.3, -0.25) is 9.59 Å². The Balaban J connectivity index is 1.37. The Morgan fingerprint density at radius 1 is 0.677 bits per heavy atom. The fraction of sp³-hybridized carbons (Fsp3) is 0. The summed E-state index contributed by atoms with van der Waals surface area (Å²) in [6.45, 7) is 0. The molecule has 0 bridgehead atoms. The molecule has 0 spiro atoms. The highest BCUT2D eigenvalue weighted by Crippen LogP contribution is 2.31. The number of hydrogen-bond acceptors (Lipinski definition) is 5. The van der Waals surface area contributed by atoms with Crippen LogP contribution in [0, 0.1) is 0 Å². The summed E-state index contributed by atoms with van der Waals surface area (Å²) < 4.78 is 1.68. The number of amides is 2. The standard InChI is InChI=1S/C24H14N4O2S/c29-21-18-8-4-5-9-19(18)22(30)27(21)23-25-24-28(26-23)20(14-31-24)17-12-10-16(11-13-17)15-6-2-1-3-7-15/h1-14H. The molecule has 1 aliphatic rings. The normalized spacial score (nSPS) is 13.2. The number of benzene rings is 3. The van der Waals surface area contributed by atoms with Crippen molar-refractivity contribution in [3.05, 3.63) is 95.4 Å². The molecule has 0 radical (unpaired) electrons. The largest absolute Gasteiger partial charge is 0.268 e. The van der Waals surface area contributed by atoms with Crippen LogP contribution in [0.25, 0.3) is 27.3 Å². The van der Waals surface area contributed by atoms with Crippen LogP contribution < -0.4 is 4.90 Å². The van der Waals surface area contributed by atoms with E-state index in [-0.39, 0.29) is 5.95 Å². The molecule has 6 nitrogen and oxygen atoms in total. The molecule has 0 N–H and O–H groups in total. The number of anilines is 1. The van der Waals surface area contributed by atoms with Crippen molar-refractivity contribution in [3.63, 3.8) is 0 Å². The summed E-state index contributed by atoms with van der Waals surface area (Å²) in [6.07, 6.45) is 0. The van der Waals surface area contributed by atoms with Gasteiger partial charge in [0.05, 0.1) is 16.8 Å². The van der Waals surface area contributed by atoms with Crippen molar-refractivity contribution in [1.82, 2.24) is 14.6 Å². The monoisotopic (exact) mass is 422 g/mol. The molecule has 0 atom stereocenters. The van der Waals surface area contributed by atoms with Crippen LogP contribution in [0.2, 0.25) is 0 Å². The number of carbonyl (C=O) groups excluding carboxylic acids is 2. The molecule has 6 rings (SSSR count). The first-order valence-electron chi connectivity index (χ1n) is 9.69. The lowest BCUT2D eigenvalue weighted by atomic mass is 10.0. The molecule has 5 aromatic rings. The third-order valence-corrected chi connectivity index (χ3v) is 6.17. The summed E-state index contributed by atoms with van der Waals surface area (Å²) in [5.41, 5.74) is 4.86. The molecule has 0 saturated heterocycles. The number of aromatic nitrogens is 3. The SMILES string of the molecule is O=C1c2ccccc2C(=O)N1c1nc2scc(-c3ccc(-c4ccccc4)cc3)n2n1.